The van der Waals surface area contributed by atoms with Gasteiger partial charge in [-0.25, -0.2) is 0 Å². The molecule has 0 bridgehead atoms. The second-order valence-electron chi connectivity index (χ2n) is 4.81. The van der Waals surface area contributed by atoms with Gasteiger partial charge < -0.3 is 10.6 Å². The maximum absolute atomic E-state index is 6.06. The number of rotatable bonds is 4. The molecule has 2 nitrogen and oxygen atoms in total. The highest BCUT2D eigenvalue weighted by Crippen LogP contribution is 2.26. The van der Waals surface area contributed by atoms with Crippen molar-refractivity contribution in [3.8, 4) is 0 Å². The minimum Gasteiger partial charge on any atom is -0.397 e. The Morgan fingerprint density at radius 2 is 1.79 bits per heavy atom. The van der Waals surface area contributed by atoms with Crippen molar-refractivity contribution in [1.29, 1.82) is 0 Å². The van der Waals surface area contributed by atoms with E-state index in [1.807, 2.05) is 12.1 Å². The average molecular weight is 319 g/mol. The van der Waals surface area contributed by atoms with E-state index in [1.54, 1.807) is 0 Å². The standard InChI is InChI=1S/C16H19BrN2/c1-12-4-3-5-15(18)16(12)19(2)11-10-13-6-8-14(17)9-7-13/h3-9H,10-11,18H2,1-2H3. The molecule has 0 atom stereocenters. The van der Waals surface area contributed by atoms with Crippen LogP contribution in [0.2, 0.25) is 0 Å². The smallest absolute Gasteiger partial charge is 0.0627 e. The van der Waals surface area contributed by atoms with Gasteiger partial charge in [0.2, 0.25) is 0 Å². The van der Waals surface area contributed by atoms with Crippen LogP contribution in [0.3, 0.4) is 0 Å². The Balaban J connectivity index is 2.05. The van der Waals surface area contributed by atoms with Crippen LogP contribution in [0.1, 0.15) is 11.1 Å². The maximum atomic E-state index is 6.06. The van der Waals surface area contributed by atoms with Gasteiger partial charge in [-0.2, -0.15) is 0 Å². The maximum Gasteiger partial charge on any atom is 0.0627 e. The molecule has 0 aliphatic heterocycles. The lowest BCUT2D eigenvalue weighted by Crippen LogP contribution is -2.22. The van der Waals surface area contributed by atoms with Crippen molar-refractivity contribution in [2.45, 2.75) is 13.3 Å². The number of nitrogen functional groups attached to an aromatic ring is 1. The zero-order chi connectivity index (χ0) is 13.8. The molecule has 0 aliphatic carbocycles. The van der Waals surface area contributed by atoms with E-state index in [-0.39, 0.29) is 0 Å². The molecule has 0 aromatic heterocycles. The van der Waals surface area contributed by atoms with Gasteiger partial charge in [0.05, 0.1) is 11.4 Å². The Kier molecular flexibility index (Phi) is 4.48. The Morgan fingerprint density at radius 1 is 1.11 bits per heavy atom. The van der Waals surface area contributed by atoms with Crippen LogP contribution in [0.5, 0.6) is 0 Å². The number of hydrogen-bond donors (Lipinski definition) is 1. The highest BCUT2D eigenvalue weighted by Gasteiger charge is 2.08. The average Bonchev–Trinajstić information content (AvgIpc) is 2.38. The quantitative estimate of drug-likeness (QED) is 0.863. The van der Waals surface area contributed by atoms with Gasteiger partial charge in [0.25, 0.3) is 0 Å². The molecule has 0 amide bonds. The number of hydrogen-bond acceptors (Lipinski definition) is 2. The van der Waals surface area contributed by atoms with Gasteiger partial charge in [-0.05, 0) is 42.7 Å². The first-order valence-corrected chi connectivity index (χ1v) is 7.18. The van der Waals surface area contributed by atoms with E-state index < -0.39 is 0 Å². The number of nitrogens with zero attached hydrogens (tertiary/aromatic N) is 1. The predicted molar refractivity (Wildman–Crippen MR) is 86.7 cm³/mol. The number of benzene rings is 2. The molecule has 2 aromatic carbocycles. The number of nitrogens with two attached hydrogens (primary N) is 1. The minimum atomic E-state index is 0.846. The first-order chi connectivity index (χ1) is 9.08. The number of anilines is 2. The summed E-state index contributed by atoms with van der Waals surface area (Å²) in [5, 5.41) is 0. The Hall–Kier alpha value is -1.48. The molecule has 100 valence electrons. The molecule has 0 heterocycles. The third kappa shape index (κ3) is 3.51. The molecule has 0 fully saturated rings. The summed E-state index contributed by atoms with van der Waals surface area (Å²) in [5.41, 5.74) is 10.6. The molecule has 0 saturated heterocycles. The van der Waals surface area contributed by atoms with E-state index >= 15 is 0 Å². The second kappa shape index (κ2) is 6.11. The lowest BCUT2D eigenvalue weighted by atomic mass is 10.1. The second-order valence-corrected chi connectivity index (χ2v) is 5.73. The molecular weight excluding hydrogens is 300 g/mol. The number of aryl methyl sites for hydroxylation is 1. The molecule has 0 spiro atoms. The van der Waals surface area contributed by atoms with Crippen LogP contribution >= 0.6 is 15.9 Å². The SMILES string of the molecule is Cc1cccc(N)c1N(C)CCc1ccc(Br)cc1. The summed E-state index contributed by atoms with van der Waals surface area (Å²) in [4.78, 5) is 2.23. The summed E-state index contributed by atoms with van der Waals surface area (Å²) in [5.74, 6) is 0. The summed E-state index contributed by atoms with van der Waals surface area (Å²) >= 11 is 3.45. The van der Waals surface area contributed by atoms with Gasteiger partial charge in [-0.3, -0.25) is 0 Å². The van der Waals surface area contributed by atoms with Crippen molar-refractivity contribution >= 4 is 27.3 Å². The van der Waals surface area contributed by atoms with Crippen LogP contribution in [0, 0.1) is 6.92 Å². The van der Waals surface area contributed by atoms with Crippen molar-refractivity contribution in [2.24, 2.45) is 0 Å². The third-order valence-electron chi connectivity index (χ3n) is 3.30. The van der Waals surface area contributed by atoms with Crippen molar-refractivity contribution in [1.82, 2.24) is 0 Å². The van der Waals surface area contributed by atoms with E-state index in [0.717, 1.165) is 28.8 Å². The molecule has 2 aromatic rings. The summed E-state index contributed by atoms with van der Waals surface area (Å²) in [7, 11) is 2.09. The van der Waals surface area contributed by atoms with Crippen LogP contribution in [0.15, 0.2) is 46.9 Å². The van der Waals surface area contributed by atoms with E-state index in [9.17, 15) is 0 Å². The van der Waals surface area contributed by atoms with Crippen LogP contribution < -0.4 is 10.6 Å². The van der Waals surface area contributed by atoms with Crippen molar-refractivity contribution in [2.75, 3.05) is 24.2 Å². The van der Waals surface area contributed by atoms with E-state index in [2.05, 4.69) is 65.1 Å². The zero-order valence-electron chi connectivity index (χ0n) is 11.4. The van der Waals surface area contributed by atoms with E-state index in [4.69, 9.17) is 5.73 Å². The molecule has 0 aliphatic rings. The molecule has 19 heavy (non-hydrogen) atoms. The van der Waals surface area contributed by atoms with Gasteiger partial charge >= 0.3 is 0 Å². The number of likely N-dealkylation sites (N-methyl/N-ethyl adjacent to an activating group) is 1. The van der Waals surface area contributed by atoms with Gasteiger partial charge in [-0.1, -0.05) is 40.2 Å². The molecule has 0 radical (unpaired) electrons. The predicted octanol–water partition coefficient (Wildman–Crippen LogP) is 4.02. The Labute approximate surface area is 123 Å². The monoisotopic (exact) mass is 318 g/mol. The molecule has 2 rings (SSSR count). The number of para-hydroxylation sites is 1. The molecule has 3 heteroatoms. The van der Waals surface area contributed by atoms with Gasteiger partial charge in [0, 0.05) is 18.1 Å². The summed E-state index contributed by atoms with van der Waals surface area (Å²) in [6.07, 6.45) is 1.01. The molecule has 2 N–H and O–H groups in total. The first kappa shape index (κ1) is 13.9. The fourth-order valence-electron chi connectivity index (χ4n) is 2.26. The first-order valence-electron chi connectivity index (χ1n) is 6.38. The van der Waals surface area contributed by atoms with Crippen molar-refractivity contribution in [3.63, 3.8) is 0 Å². The zero-order valence-corrected chi connectivity index (χ0v) is 12.9. The van der Waals surface area contributed by atoms with Gasteiger partial charge in [-0.15, -0.1) is 0 Å². The van der Waals surface area contributed by atoms with Crippen LogP contribution in [0.4, 0.5) is 11.4 Å². The van der Waals surface area contributed by atoms with Gasteiger partial charge in [0.1, 0.15) is 0 Å². The van der Waals surface area contributed by atoms with Crippen molar-refractivity contribution < 1.29 is 0 Å². The Bertz CT molecular complexity index is 529. The highest BCUT2D eigenvalue weighted by atomic mass is 79.9. The summed E-state index contributed by atoms with van der Waals surface area (Å²) in [6, 6.07) is 14.5. The van der Waals surface area contributed by atoms with Gasteiger partial charge in [0.15, 0.2) is 0 Å². The molecule has 0 unspecified atom stereocenters. The summed E-state index contributed by atoms with van der Waals surface area (Å²) < 4.78 is 1.12. The minimum absolute atomic E-state index is 0.846. The lowest BCUT2D eigenvalue weighted by Gasteiger charge is -2.23. The fraction of sp³-hybridized carbons (Fsp3) is 0.250. The van der Waals surface area contributed by atoms with E-state index in [1.165, 1.54) is 11.1 Å². The molecule has 0 saturated carbocycles. The topological polar surface area (TPSA) is 29.3 Å². The fourth-order valence-corrected chi connectivity index (χ4v) is 2.53. The largest absolute Gasteiger partial charge is 0.397 e. The normalized spacial score (nSPS) is 10.5. The van der Waals surface area contributed by atoms with Crippen LogP contribution in [0.25, 0.3) is 0 Å². The summed E-state index contributed by atoms with van der Waals surface area (Å²) in [6.45, 7) is 3.05. The van der Waals surface area contributed by atoms with E-state index in [0.29, 0.717) is 0 Å². The molecular formula is C16H19BrN2. The van der Waals surface area contributed by atoms with Crippen LogP contribution in [-0.4, -0.2) is 13.6 Å². The van der Waals surface area contributed by atoms with Crippen molar-refractivity contribution in [3.05, 3.63) is 58.1 Å². The number of halogens is 1. The van der Waals surface area contributed by atoms with Crippen LogP contribution in [-0.2, 0) is 6.42 Å². The Morgan fingerprint density at radius 3 is 2.42 bits per heavy atom. The third-order valence-corrected chi connectivity index (χ3v) is 3.83. The lowest BCUT2D eigenvalue weighted by molar-refractivity contribution is 0.874. The highest BCUT2D eigenvalue weighted by molar-refractivity contribution is 9.10.